The van der Waals surface area contributed by atoms with Gasteiger partial charge in [0.15, 0.2) is 0 Å². The van der Waals surface area contributed by atoms with Crippen LogP contribution in [0.5, 0.6) is 0 Å². The molecule has 4 nitrogen and oxygen atoms in total. The predicted octanol–water partition coefficient (Wildman–Crippen LogP) is 4.32. The third-order valence-corrected chi connectivity index (χ3v) is 6.50. The second kappa shape index (κ2) is 8.62. The largest absolute Gasteiger partial charge is 0.341 e. The molecule has 0 bridgehead atoms. The van der Waals surface area contributed by atoms with Crippen LogP contribution in [-0.2, 0) is 17.8 Å². The fourth-order valence-electron chi connectivity index (χ4n) is 4.84. The zero-order valence-corrected chi connectivity index (χ0v) is 17.1. The summed E-state index contributed by atoms with van der Waals surface area (Å²) in [5.74, 6) is 0.275. The highest BCUT2D eigenvalue weighted by Crippen LogP contribution is 2.38. The van der Waals surface area contributed by atoms with Gasteiger partial charge in [-0.15, -0.1) is 0 Å². The summed E-state index contributed by atoms with van der Waals surface area (Å²) in [5, 5.41) is 0.793. The number of carbonyl (C=O) groups is 1. The summed E-state index contributed by atoms with van der Waals surface area (Å²) in [5.41, 5.74) is 2.52. The van der Waals surface area contributed by atoms with Crippen LogP contribution in [0.1, 0.15) is 43.2 Å². The minimum Gasteiger partial charge on any atom is -0.341 e. The first-order chi connectivity index (χ1) is 13.6. The molecule has 0 radical (unpaired) electrons. The Bertz CT molecular complexity index is 813. The summed E-state index contributed by atoms with van der Waals surface area (Å²) in [4.78, 5) is 21.7. The highest BCUT2D eigenvalue weighted by Gasteiger charge is 2.44. The third kappa shape index (κ3) is 4.39. The Labute approximate surface area is 172 Å². The van der Waals surface area contributed by atoms with Crippen molar-refractivity contribution in [1.29, 1.82) is 0 Å². The van der Waals surface area contributed by atoms with Crippen LogP contribution in [0.15, 0.2) is 48.8 Å². The molecule has 0 saturated carbocycles. The molecule has 3 heterocycles. The third-order valence-electron chi connectivity index (χ3n) is 6.26. The summed E-state index contributed by atoms with van der Waals surface area (Å²) >= 11 is 6.18. The normalized spacial score (nSPS) is 22.7. The summed E-state index contributed by atoms with van der Waals surface area (Å²) in [6, 6.07) is 12.1. The topological polar surface area (TPSA) is 36.4 Å². The van der Waals surface area contributed by atoms with E-state index in [1.165, 1.54) is 24.8 Å². The average Bonchev–Trinajstić information content (AvgIpc) is 3.08. The number of nitrogens with zero attached hydrogens (tertiary/aromatic N) is 3. The molecule has 2 aliphatic heterocycles. The molecule has 148 valence electrons. The number of likely N-dealkylation sites (tertiary alicyclic amines) is 2. The Morgan fingerprint density at radius 1 is 1.11 bits per heavy atom. The molecule has 0 aliphatic carbocycles. The molecule has 1 amide bonds. The minimum absolute atomic E-state index is 0.129. The predicted molar refractivity (Wildman–Crippen MR) is 112 cm³/mol. The van der Waals surface area contributed by atoms with Crippen molar-refractivity contribution in [1.82, 2.24) is 14.8 Å². The lowest BCUT2D eigenvalue weighted by molar-refractivity contribution is -0.135. The number of piperidine rings is 1. The first kappa shape index (κ1) is 19.4. The van der Waals surface area contributed by atoms with Gasteiger partial charge < -0.3 is 4.90 Å². The quantitative estimate of drug-likeness (QED) is 0.753. The van der Waals surface area contributed by atoms with Crippen LogP contribution in [0.3, 0.4) is 0 Å². The molecule has 1 aromatic heterocycles. The lowest BCUT2D eigenvalue weighted by Crippen LogP contribution is -2.56. The maximum atomic E-state index is 12.9. The van der Waals surface area contributed by atoms with Crippen LogP contribution in [0.25, 0.3) is 0 Å². The number of aromatic nitrogens is 1. The van der Waals surface area contributed by atoms with Crippen molar-refractivity contribution in [2.75, 3.05) is 19.6 Å². The molecule has 2 aliphatic rings. The van der Waals surface area contributed by atoms with Gasteiger partial charge in [-0.2, -0.15) is 0 Å². The fraction of sp³-hybridized carbons (Fsp3) is 0.478. The van der Waals surface area contributed by atoms with Crippen LogP contribution >= 0.6 is 11.6 Å². The van der Waals surface area contributed by atoms with Crippen LogP contribution in [-0.4, -0.2) is 45.9 Å². The van der Waals surface area contributed by atoms with E-state index in [0.717, 1.165) is 49.6 Å². The maximum Gasteiger partial charge on any atom is 0.222 e. The smallest absolute Gasteiger partial charge is 0.222 e. The van der Waals surface area contributed by atoms with Crippen molar-refractivity contribution in [3.05, 3.63) is 64.9 Å². The first-order valence-electron chi connectivity index (χ1n) is 10.3. The Kier molecular flexibility index (Phi) is 5.98. The molecular formula is C23H28ClN3O. The molecule has 2 aromatic rings. The molecule has 5 heteroatoms. The van der Waals surface area contributed by atoms with Gasteiger partial charge in [-0.25, -0.2) is 0 Å². The van der Waals surface area contributed by atoms with E-state index in [-0.39, 0.29) is 11.4 Å². The highest BCUT2D eigenvalue weighted by molar-refractivity contribution is 6.30. The van der Waals surface area contributed by atoms with Crippen LogP contribution in [0, 0.1) is 0 Å². The zero-order valence-electron chi connectivity index (χ0n) is 16.3. The Balaban J connectivity index is 1.40. The van der Waals surface area contributed by atoms with Crippen molar-refractivity contribution in [3.63, 3.8) is 0 Å². The van der Waals surface area contributed by atoms with Gasteiger partial charge in [0.2, 0.25) is 5.91 Å². The number of aryl methyl sites for hydroxylation is 1. The molecule has 28 heavy (non-hydrogen) atoms. The number of hydrogen-bond acceptors (Lipinski definition) is 3. The number of amides is 1. The lowest BCUT2D eigenvalue weighted by atomic mass is 9.86. The van der Waals surface area contributed by atoms with Gasteiger partial charge in [-0.05, 0) is 68.0 Å². The Morgan fingerprint density at radius 2 is 1.93 bits per heavy atom. The second-order valence-corrected chi connectivity index (χ2v) is 8.60. The zero-order chi connectivity index (χ0) is 19.4. The summed E-state index contributed by atoms with van der Waals surface area (Å²) in [6.45, 7) is 3.76. The van der Waals surface area contributed by atoms with Gasteiger partial charge >= 0.3 is 0 Å². The Hall–Kier alpha value is -1.91. The fourth-order valence-corrected chi connectivity index (χ4v) is 5.05. The molecule has 1 spiro atoms. The highest BCUT2D eigenvalue weighted by atomic mass is 35.5. The number of hydrogen-bond donors (Lipinski definition) is 0. The van der Waals surface area contributed by atoms with Crippen molar-refractivity contribution in [2.24, 2.45) is 0 Å². The van der Waals surface area contributed by atoms with E-state index in [0.29, 0.717) is 6.42 Å². The molecule has 4 rings (SSSR count). The lowest BCUT2D eigenvalue weighted by Gasteiger charge is -2.46. The molecule has 1 aromatic carbocycles. The van der Waals surface area contributed by atoms with Gasteiger partial charge in [0.1, 0.15) is 0 Å². The SMILES string of the molecule is O=C(CCc1cccnc1)N1CCCC2(CCCN2Cc2cccc(Cl)c2)C1. The van der Waals surface area contributed by atoms with Gasteiger partial charge in [0.05, 0.1) is 0 Å². The van der Waals surface area contributed by atoms with Crippen molar-refractivity contribution in [2.45, 2.75) is 50.6 Å². The number of benzene rings is 1. The van der Waals surface area contributed by atoms with Gasteiger partial charge in [-0.3, -0.25) is 14.7 Å². The average molecular weight is 398 g/mol. The van der Waals surface area contributed by atoms with E-state index < -0.39 is 0 Å². The van der Waals surface area contributed by atoms with E-state index in [4.69, 9.17) is 11.6 Å². The van der Waals surface area contributed by atoms with Crippen molar-refractivity contribution in [3.8, 4) is 0 Å². The Morgan fingerprint density at radius 3 is 2.71 bits per heavy atom. The summed E-state index contributed by atoms with van der Waals surface area (Å²) in [6.07, 6.45) is 9.62. The van der Waals surface area contributed by atoms with E-state index in [2.05, 4.69) is 26.9 Å². The number of rotatable bonds is 5. The summed E-state index contributed by atoms with van der Waals surface area (Å²) < 4.78 is 0. The standard InChI is InChI=1S/C23H28ClN3O/c24-21-7-1-5-20(15-21)17-27-14-4-11-23(27)10-3-13-26(18-23)22(28)9-8-19-6-2-12-25-16-19/h1-2,5-7,12,15-16H,3-4,8-11,13-14,17-18H2. The van der Waals surface area contributed by atoms with E-state index in [1.807, 2.05) is 30.5 Å². The van der Waals surface area contributed by atoms with Crippen molar-refractivity contribution < 1.29 is 4.79 Å². The molecular weight excluding hydrogens is 370 g/mol. The first-order valence-corrected chi connectivity index (χ1v) is 10.7. The molecule has 2 saturated heterocycles. The van der Waals surface area contributed by atoms with E-state index >= 15 is 0 Å². The molecule has 2 fully saturated rings. The van der Waals surface area contributed by atoms with Crippen molar-refractivity contribution >= 4 is 17.5 Å². The molecule has 0 N–H and O–H groups in total. The maximum absolute atomic E-state index is 12.9. The number of halogens is 1. The monoisotopic (exact) mass is 397 g/mol. The molecule has 1 atom stereocenters. The van der Waals surface area contributed by atoms with Gasteiger partial charge in [0, 0.05) is 49.0 Å². The van der Waals surface area contributed by atoms with E-state index in [9.17, 15) is 4.79 Å². The number of carbonyl (C=O) groups excluding carboxylic acids is 1. The van der Waals surface area contributed by atoms with Crippen LogP contribution in [0.4, 0.5) is 0 Å². The molecule has 1 unspecified atom stereocenters. The van der Waals surface area contributed by atoms with Gasteiger partial charge in [0.25, 0.3) is 0 Å². The van der Waals surface area contributed by atoms with Crippen LogP contribution in [0.2, 0.25) is 5.02 Å². The van der Waals surface area contributed by atoms with Gasteiger partial charge in [-0.1, -0.05) is 29.8 Å². The van der Waals surface area contributed by atoms with Crippen LogP contribution < -0.4 is 0 Å². The van der Waals surface area contributed by atoms with E-state index in [1.54, 1.807) is 6.20 Å². The number of pyridine rings is 1. The summed E-state index contributed by atoms with van der Waals surface area (Å²) in [7, 11) is 0. The minimum atomic E-state index is 0.129. The second-order valence-electron chi connectivity index (χ2n) is 8.16.